The molecule has 0 saturated carbocycles. The number of imidazole rings is 1. The summed E-state index contributed by atoms with van der Waals surface area (Å²) in [5.74, 6) is -0.528. The number of carbonyl (C=O) groups is 2. The molecule has 43 heavy (non-hydrogen) atoms. The number of carboxylic acids is 1. The fraction of sp³-hybridized carbons (Fsp3) is 0.300. The second kappa shape index (κ2) is 12.6. The molecule has 2 saturated heterocycles. The lowest BCUT2D eigenvalue weighted by Crippen LogP contribution is -2.30. The number of nitrogens with one attached hydrogen (secondary N) is 2. The molecule has 4 heterocycles. The van der Waals surface area contributed by atoms with Crippen LogP contribution in [0.25, 0.3) is 17.2 Å². The second-order valence-corrected chi connectivity index (χ2v) is 9.87. The minimum Gasteiger partial charge on any atom is -0.493 e. The highest BCUT2D eigenvalue weighted by molar-refractivity contribution is 5.95. The average molecular weight is 587 g/mol. The molecule has 2 aromatic heterocycles. The number of nitrogens with zero attached hydrogens (tertiary/aromatic N) is 4. The molecule has 0 spiro atoms. The van der Waals surface area contributed by atoms with Crippen molar-refractivity contribution in [2.45, 2.75) is 44.2 Å². The van der Waals surface area contributed by atoms with Crippen LogP contribution in [0.15, 0.2) is 73.3 Å². The van der Waals surface area contributed by atoms with E-state index in [0.717, 1.165) is 5.56 Å². The largest absolute Gasteiger partial charge is 0.493 e. The summed E-state index contributed by atoms with van der Waals surface area (Å²) in [5.41, 5.74) is 1.93. The minimum atomic E-state index is -1.07. The van der Waals surface area contributed by atoms with E-state index in [1.165, 1.54) is 12.4 Å². The van der Waals surface area contributed by atoms with Gasteiger partial charge < -0.3 is 29.4 Å². The number of anilines is 1. The van der Waals surface area contributed by atoms with Crippen LogP contribution in [0.1, 0.15) is 35.5 Å². The van der Waals surface area contributed by atoms with Gasteiger partial charge in [0.2, 0.25) is 0 Å². The molecular formula is C30H30N6O7. The molecule has 13 nitrogen and oxygen atoms in total. The molecule has 13 heteroatoms. The molecule has 222 valence electrons. The molecule has 2 aliphatic heterocycles. The molecule has 6 rings (SSSR count). The van der Waals surface area contributed by atoms with E-state index in [1.54, 1.807) is 29.1 Å². The lowest BCUT2D eigenvalue weighted by atomic mass is 10.1. The summed E-state index contributed by atoms with van der Waals surface area (Å²) in [5, 5.41) is 14.9. The maximum atomic E-state index is 12.1. The van der Waals surface area contributed by atoms with Crippen LogP contribution in [-0.4, -0.2) is 74.4 Å². The summed E-state index contributed by atoms with van der Waals surface area (Å²) in [6.45, 7) is 2.46. The maximum absolute atomic E-state index is 12.1. The first-order valence-corrected chi connectivity index (χ1v) is 13.9. The number of para-hydroxylation sites is 1. The number of hydrogen-bond acceptors (Lipinski definition) is 9. The Morgan fingerprint density at radius 3 is 2.63 bits per heavy atom. The standard InChI is InChI=1S/C30H30N6O7/c1-2-31-30(39)35-26-23-27(33-16-32-26)36(17-34-23)28-25-24(42-22(43-25)13-12-18-8-4-3-5-9-18)21(41-28)14-15-40-20-11-7-6-10-19(20)29(37)38/h3-13,16-17,21-22,24-25,28H,2,14-15H2,1H3,(H,37,38)(H2,31,32,33,35,39)/b13-12+/t21?,22-,24?,25?,28?/m0/s1. The number of urea groups is 1. The quantitative estimate of drug-likeness (QED) is 0.249. The minimum absolute atomic E-state index is 0.0822. The van der Waals surface area contributed by atoms with Gasteiger partial charge in [-0.05, 0) is 30.7 Å². The van der Waals surface area contributed by atoms with Gasteiger partial charge >= 0.3 is 12.0 Å². The smallest absolute Gasteiger partial charge is 0.339 e. The van der Waals surface area contributed by atoms with Gasteiger partial charge in [0.25, 0.3) is 0 Å². The Kier molecular flexibility index (Phi) is 8.27. The molecule has 0 aliphatic carbocycles. The molecule has 0 radical (unpaired) electrons. The Balaban J connectivity index is 1.24. The number of benzene rings is 2. The molecule has 2 amide bonds. The van der Waals surface area contributed by atoms with Gasteiger partial charge in [0, 0.05) is 13.0 Å². The Morgan fingerprint density at radius 2 is 1.81 bits per heavy atom. The van der Waals surface area contributed by atoms with Crippen LogP contribution in [-0.2, 0) is 14.2 Å². The van der Waals surface area contributed by atoms with Gasteiger partial charge in [0.1, 0.15) is 29.8 Å². The zero-order valence-corrected chi connectivity index (χ0v) is 23.2. The van der Waals surface area contributed by atoms with Crippen molar-refractivity contribution in [3.63, 3.8) is 0 Å². The maximum Gasteiger partial charge on any atom is 0.339 e. The van der Waals surface area contributed by atoms with Crippen molar-refractivity contribution in [3.05, 3.63) is 84.5 Å². The molecule has 3 N–H and O–H groups in total. The summed E-state index contributed by atoms with van der Waals surface area (Å²) in [4.78, 5) is 36.8. The van der Waals surface area contributed by atoms with Gasteiger partial charge in [0.15, 0.2) is 29.5 Å². The van der Waals surface area contributed by atoms with Crippen molar-refractivity contribution in [1.82, 2.24) is 24.8 Å². The predicted molar refractivity (Wildman–Crippen MR) is 154 cm³/mol. The predicted octanol–water partition coefficient (Wildman–Crippen LogP) is 3.86. The first kappa shape index (κ1) is 28.3. The fourth-order valence-corrected chi connectivity index (χ4v) is 5.16. The molecule has 2 fully saturated rings. The monoisotopic (exact) mass is 586 g/mol. The fourth-order valence-electron chi connectivity index (χ4n) is 5.16. The number of carbonyl (C=O) groups excluding carboxylic acids is 1. The summed E-state index contributed by atoms with van der Waals surface area (Å²) in [6, 6.07) is 15.9. The van der Waals surface area contributed by atoms with Gasteiger partial charge in [-0.15, -0.1) is 0 Å². The van der Waals surface area contributed by atoms with Gasteiger partial charge in [-0.3, -0.25) is 9.88 Å². The van der Waals surface area contributed by atoms with Crippen LogP contribution in [0.2, 0.25) is 0 Å². The number of amides is 2. The summed E-state index contributed by atoms with van der Waals surface area (Å²) in [7, 11) is 0. The normalized spacial score (nSPS) is 23.0. The van der Waals surface area contributed by atoms with E-state index in [-0.39, 0.29) is 23.7 Å². The third-order valence-corrected chi connectivity index (χ3v) is 7.09. The molecule has 2 aromatic carbocycles. The van der Waals surface area contributed by atoms with Crippen molar-refractivity contribution < 1.29 is 33.6 Å². The molecule has 2 aliphatic rings. The Bertz CT molecular complexity index is 1630. The zero-order valence-electron chi connectivity index (χ0n) is 23.2. The number of fused-ring (bicyclic) bond motifs is 2. The average Bonchev–Trinajstić information content (AvgIpc) is 3.72. The van der Waals surface area contributed by atoms with Crippen LogP contribution in [0.3, 0.4) is 0 Å². The first-order valence-electron chi connectivity index (χ1n) is 13.9. The Labute approximate surface area is 246 Å². The van der Waals surface area contributed by atoms with Gasteiger partial charge in [-0.2, -0.15) is 0 Å². The highest BCUT2D eigenvalue weighted by Crippen LogP contribution is 2.42. The lowest BCUT2D eigenvalue weighted by Gasteiger charge is -2.20. The van der Waals surface area contributed by atoms with Crippen LogP contribution >= 0.6 is 0 Å². The summed E-state index contributed by atoms with van der Waals surface area (Å²) < 4.78 is 26.7. The second-order valence-electron chi connectivity index (χ2n) is 9.87. The summed E-state index contributed by atoms with van der Waals surface area (Å²) in [6.07, 6.45) is 4.39. The molecule has 4 aromatic rings. The number of aromatic carboxylic acids is 1. The first-order chi connectivity index (χ1) is 21.0. The van der Waals surface area contributed by atoms with Crippen molar-refractivity contribution >= 4 is 35.1 Å². The van der Waals surface area contributed by atoms with E-state index < -0.39 is 42.8 Å². The Hall–Kier alpha value is -4.85. The third kappa shape index (κ3) is 6.04. The highest BCUT2D eigenvalue weighted by Gasteiger charge is 2.53. The van der Waals surface area contributed by atoms with E-state index in [0.29, 0.717) is 24.1 Å². The van der Waals surface area contributed by atoms with Crippen LogP contribution in [0, 0.1) is 0 Å². The van der Waals surface area contributed by atoms with E-state index >= 15 is 0 Å². The lowest BCUT2D eigenvalue weighted by molar-refractivity contribution is -0.127. The van der Waals surface area contributed by atoms with Crippen LogP contribution in [0.5, 0.6) is 5.75 Å². The number of rotatable bonds is 10. The van der Waals surface area contributed by atoms with Crippen molar-refractivity contribution in [2.24, 2.45) is 0 Å². The van der Waals surface area contributed by atoms with E-state index in [2.05, 4.69) is 25.6 Å². The summed E-state index contributed by atoms with van der Waals surface area (Å²) >= 11 is 0. The number of aromatic nitrogens is 4. The number of carboxylic acid groups (broad SMARTS) is 1. The van der Waals surface area contributed by atoms with Gasteiger partial charge in [-0.25, -0.2) is 24.5 Å². The Morgan fingerprint density at radius 1 is 1.02 bits per heavy atom. The van der Waals surface area contributed by atoms with E-state index in [9.17, 15) is 14.7 Å². The number of ether oxygens (including phenoxy) is 4. The molecule has 4 unspecified atom stereocenters. The van der Waals surface area contributed by atoms with E-state index in [4.69, 9.17) is 18.9 Å². The van der Waals surface area contributed by atoms with E-state index in [1.807, 2.05) is 49.4 Å². The van der Waals surface area contributed by atoms with Gasteiger partial charge in [0.05, 0.1) is 19.0 Å². The number of hydrogen-bond donors (Lipinski definition) is 3. The van der Waals surface area contributed by atoms with Crippen LogP contribution < -0.4 is 15.4 Å². The van der Waals surface area contributed by atoms with Crippen molar-refractivity contribution in [3.8, 4) is 5.75 Å². The topological polar surface area (TPSA) is 159 Å². The molecule has 0 bridgehead atoms. The van der Waals surface area contributed by atoms with Gasteiger partial charge in [-0.1, -0.05) is 48.5 Å². The van der Waals surface area contributed by atoms with Crippen molar-refractivity contribution in [2.75, 3.05) is 18.5 Å². The SMILES string of the molecule is CCNC(=O)Nc1ncnc2c1ncn2C1OC(CCOc2ccccc2C(=O)O)C2O[C@H](/C=C/c3ccccc3)OC21. The zero-order chi connectivity index (χ0) is 29.8. The third-order valence-electron chi connectivity index (χ3n) is 7.09. The van der Waals surface area contributed by atoms with Crippen LogP contribution in [0.4, 0.5) is 10.6 Å². The highest BCUT2D eigenvalue weighted by atomic mass is 16.8. The molecule has 5 atom stereocenters. The van der Waals surface area contributed by atoms with Crippen molar-refractivity contribution in [1.29, 1.82) is 0 Å². The molecular weight excluding hydrogens is 556 g/mol.